The molecular formula is C19H19ClN2O. The monoisotopic (exact) mass is 326 g/mol. The molecule has 3 rings (SSSR count). The largest absolute Gasteiger partial charge is 0.354 e. The van der Waals surface area contributed by atoms with E-state index in [1.807, 2.05) is 30.3 Å². The molecule has 0 spiro atoms. The fourth-order valence-electron chi connectivity index (χ4n) is 3.03. The Morgan fingerprint density at radius 3 is 2.48 bits per heavy atom. The third-order valence-electron chi connectivity index (χ3n) is 4.05. The predicted octanol–water partition coefficient (Wildman–Crippen LogP) is 3.83. The molecule has 0 aliphatic rings. The molecule has 1 N–H and O–H groups in total. The first-order valence-electron chi connectivity index (χ1n) is 7.68. The lowest BCUT2D eigenvalue weighted by Gasteiger charge is -2.11. The van der Waals surface area contributed by atoms with E-state index in [1.165, 1.54) is 0 Å². The first-order chi connectivity index (χ1) is 11.3. The summed E-state index contributed by atoms with van der Waals surface area (Å²) < 4.78 is 2.09. The number of para-hydroxylation sites is 1. The lowest BCUT2D eigenvalue weighted by Crippen LogP contribution is -2.23. The summed E-state index contributed by atoms with van der Waals surface area (Å²) in [5.41, 5.74) is 3.95. The van der Waals surface area contributed by atoms with Crippen molar-refractivity contribution in [3.63, 3.8) is 0 Å². The standard InChI is InChI=1S/C19H19ClN2O/c1-21-19(23)18-16(11-12-20)15-9-5-6-10-17(15)22(18)13-14-7-3-2-4-8-14/h2-10H,11-13H2,1H3,(H,21,23). The van der Waals surface area contributed by atoms with Gasteiger partial charge in [-0.25, -0.2) is 0 Å². The van der Waals surface area contributed by atoms with Crippen molar-refractivity contribution in [1.29, 1.82) is 0 Å². The van der Waals surface area contributed by atoms with Crippen LogP contribution in [0.5, 0.6) is 0 Å². The highest BCUT2D eigenvalue weighted by Crippen LogP contribution is 2.28. The summed E-state index contributed by atoms with van der Waals surface area (Å²) in [6, 6.07) is 18.3. The molecule has 1 aromatic heterocycles. The maximum Gasteiger partial charge on any atom is 0.267 e. The van der Waals surface area contributed by atoms with Crippen molar-refractivity contribution in [3.8, 4) is 0 Å². The second-order valence-corrected chi connectivity index (χ2v) is 5.81. The van der Waals surface area contributed by atoms with Crippen molar-refractivity contribution < 1.29 is 4.79 Å². The minimum atomic E-state index is -0.0720. The Hall–Kier alpha value is -2.26. The lowest BCUT2D eigenvalue weighted by molar-refractivity contribution is 0.0954. The molecule has 0 saturated carbocycles. The lowest BCUT2D eigenvalue weighted by atomic mass is 10.1. The zero-order valence-corrected chi connectivity index (χ0v) is 13.8. The number of nitrogens with zero attached hydrogens (tertiary/aromatic N) is 1. The number of aromatic nitrogens is 1. The highest BCUT2D eigenvalue weighted by Gasteiger charge is 2.21. The molecule has 23 heavy (non-hydrogen) atoms. The number of carbonyl (C=O) groups excluding carboxylic acids is 1. The van der Waals surface area contributed by atoms with Gasteiger partial charge in [0.2, 0.25) is 0 Å². The topological polar surface area (TPSA) is 34.0 Å². The first kappa shape index (κ1) is 15.6. The van der Waals surface area contributed by atoms with Crippen LogP contribution in [-0.2, 0) is 13.0 Å². The van der Waals surface area contributed by atoms with Gasteiger partial charge < -0.3 is 9.88 Å². The van der Waals surface area contributed by atoms with Gasteiger partial charge in [-0.05, 0) is 23.6 Å². The summed E-state index contributed by atoms with van der Waals surface area (Å²) >= 11 is 5.98. The van der Waals surface area contributed by atoms with Gasteiger partial charge in [-0.1, -0.05) is 48.5 Å². The van der Waals surface area contributed by atoms with E-state index in [1.54, 1.807) is 7.05 Å². The van der Waals surface area contributed by atoms with Gasteiger partial charge in [0, 0.05) is 30.4 Å². The van der Waals surface area contributed by atoms with Crippen molar-refractivity contribution in [2.75, 3.05) is 12.9 Å². The fraction of sp³-hybridized carbons (Fsp3) is 0.211. The maximum atomic E-state index is 12.5. The average Bonchev–Trinajstić information content (AvgIpc) is 2.90. The molecule has 0 fully saturated rings. The summed E-state index contributed by atoms with van der Waals surface area (Å²) in [6.07, 6.45) is 0.673. The molecule has 0 atom stereocenters. The summed E-state index contributed by atoms with van der Waals surface area (Å²) in [4.78, 5) is 12.5. The van der Waals surface area contributed by atoms with E-state index in [0.29, 0.717) is 24.5 Å². The van der Waals surface area contributed by atoms with Gasteiger partial charge in [0.25, 0.3) is 5.91 Å². The van der Waals surface area contributed by atoms with Crippen LogP contribution in [-0.4, -0.2) is 23.4 Å². The third kappa shape index (κ3) is 2.97. The van der Waals surface area contributed by atoms with E-state index in [0.717, 1.165) is 22.0 Å². The Kier molecular flexibility index (Phi) is 4.68. The molecule has 118 valence electrons. The van der Waals surface area contributed by atoms with E-state index in [4.69, 9.17) is 11.6 Å². The van der Waals surface area contributed by atoms with Crippen LogP contribution < -0.4 is 5.32 Å². The van der Waals surface area contributed by atoms with Crippen LogP contribution in [0.3, 0.4) is 0 Å². The molecule has 3 aromatic rings. The molecule has 0 unspecified atom stereocenters. The van der Waals surface area contributed by atoms with Gasteiger partial charge in [0.1, 0.15) is 5.69 Å². The molecule has 0 radical (unpaired) electrons. The number of hydrogen-bond donors (Lipinski definition) is 1. The third-order valence-corrected chi connectivity index (χ3v) is 4.23. The molecule has 2 aromatic carbocycles. The smallest absolute Gasteiger partial charge is 0.267 e. The second kappa shape index (κ2) is 6.88. The quantitative estimate of drug-likeness (QED) is 0.710. The molecule has 1 heterocycles. The van der Waals surface area contributed by atoms with Crippen molar-refractivity contribution in [2.45, 2.75) is 13.0 Å². The van der Waals surface area contributed by atoms with Crippen LogP contribution >= 0.6 is 11.6 Å². The SMILES string of the molecule is CNC(=O)c1c(CCCl)c2ccccc2n1Cc1ccccc1. The van der Waals surface area contributed by atoms with Crippen LogP contribution in [0.15, 0.2) is 54.6 Å². The summed E-state index contributed by atoms with van der Waals surface area (Å²) in [5.74, 6) is 0.417. The number of fused-ring (bicyclic) bond motifs is 1. The van der Waals surface area contributed by atoms with Gasteiger partial charge in [0.15, 0.2) is 0 Å². The number of benzene rings is 2. The van der Waals surface area contributed by atoms with Crippen molar-refractivity contribution in [1.82, 2.24) is 9.88 Å². The van der Waals surface area contributed by atoms with E-state index in [2.05, 4.69) is 34.1 Å². The molecule has 0 saturated heterocycles. The van der Waals surface area contributed by atoms with Crippen LogP contribution in [0, 0.1) is 0 Å². The van der Waals surface area contributed by atoms with E-state index in [-0.39, 0.29) is 5.91 Å². The highest BCUT2D eigenvalue weighted by molar-refractivity contribution is 6.18. The second-order valence-electron chi connectivity index (χ2n) is 5.43. The molecule has 0 bridgehead atoms. The van der Waals surface area contributed by atoms with E-state index in [9.17, 15) is 4.79 Å². The summed E-state index contributed by atoms with van der Waals surface area (Å²) in [5, 5.41) is 3.86. The Morgan fingerprint density at radius 2 is 1.78 bits per heavy atom. The molecule has 1 amide bonds. The number of alkyl halides is 1. The Morgan fingerprint density at radius 1 is 1.09 bits per heavy atom. The molecule has 4 heteroatoms. The summed E-state index contributed by atoms with van der Waals surface area (Å²) in [6.45, 7) is 0.659. The predicted molar refractivity (Wildman–Crippen MR) is 95.3 cm³/mol. The van der Waals surface area contributed by atoms with Crippen LogP contribution in [0.25, 0.3) is 10.9 Å². The fourth-order valence-corrected chi connectivity index (χ4v) is 3.22. The normalized spacial score (nSPS) is 10.9. The zero-order chi connectivity index (χ0) is 16.2. The number of amides is 1. The van der Waals surface area contributed by atoms with Crippen molar-refractivity contribution in [2.24, 2.45) is 0 Å². The zero-order valence-electron chi connectivity index (χ0n) is 13.1. The Bertz CT molecular complexity index is 824. The Balaban J connectivity index is 2.23. The molecule has 3 nitrogen and oxygen atoms in total. The minimum absolute atomic E-state index is 0.0720. The number of halogens is 1. The number of aryl methyl sites for hydroxylation is 1. The minimum Gasteiger partial charge on any atom is -0.354 e. The number of nitrogens with one attached hydrogen (secondary N) is 1. The van der Waals surface area contributed by atoms with E-state index < -0.39 is 0 Å². The van der Waals surface area contributed by atoms with Gasteiger partial charge in [-0.2, -0.15) is 0 Å². The molecular weight excluding hydrogens is 308 g/mol. The van der Waals surface area contributed by atoms with Crippen molar-refractivity contribution >= 4 is 28.4 Å². The van der Waals surface area contributed by atoms with Gasteiger partial charge in [-0.15, -0.1) is 11.6 Å². The van der Waals surface area contributed by atoms with Crippen LogP contribution in [0.2, 0.25) is 0 Å². The number of carbonyl (C=O) groups is 1. The number of rotatable bonds is 5. The van der Waals surface area contributed by atoms with Crippen molar-refractivity contribution in [3.05, 3.63) is 71.4 Å². The number of hydrogen-bond acceptors (Lipinski definition) is 1. The van der Waals surface area contributed by atoms with Crippen LogP contribution in [0.4, 0.5) is 0 Å². The van der Waals surface area contributed by atoms with Gasteiger partial charge in [0.05, 0.1) is 0 Å². The Labute approximate surface area is 140 Å². The maximum absolute atomic E-state index is 12.5. The van der Waals surface area contributed by atoms with Gasteiger partial charge in [-0.3, -0.25) is 4.79 Å². The van der Waals surface area contributed by atoms with Crippen LogP contribution in [0.1, 0.15) is 21.6 Å². The average molecular weight is 327 g/mol. The van der Waals surface area contributed by atoms with E-state index >= 15 is 0 Å². The first-order valence-corrected chi connectivity index (χ1v) is 8.21. The molecule has 0 aliphatic carbocycles. The highest BCUT2D eigenvalue weighted by atomic mass is 35.5. The molecule has 0 aliphatic heterocycles. The van der Waals surface area contributed by atoms with Gasteiger partial charge >= 0.3 is 0 Å². The summed E-state index contributed by atoms with van der Waals surface area (Å²) in [7, 11) is 1.66.